The average Bonchev–Trinajstić information content (AvgIpc) is 2.39. The standard InChI is InChI=1S/C18H28N2/c1-5-12-20(13-6-2)15-18(19,14-16(3)4)17-10-8-7-9-11-17/h5-11,16H,1-2,12-15,19H2,3-4H3. The van der Waals surface area contributed by atoms with Gasteiger partial charge in [-0.25, -0.2) is 0 Å². The zero-order chi connectivity index (χ0) is 15.0. The molecule has 110 valence electrons. The van der Waals surface area contributed by atoms with Crippen LogP contribution in [0.1, 0.15) is 25.8 Å². The highest BCUT2D eigenvalue weighted by Crippen LogP contribution is 2.27. The van der Waals surface area contributed by atoms with Crippen LogP contribution < -0.4 is 5.73 Å². The summed E-state index contributed by atoms with van der Waals surface area (Å²) >= 11 is 0. The normalized spacial score (nSPS) is 14.2. The fraction of sp³-hybridized carbons (Fsp3) is 0.444. The highest BCUT2D eigenvalue weighted by Gasteiger charge is 2.30. The second-order valence-corrected chi connectivity index (χ2v) is 5.89. The van der Waals surface area contributed by atoms with Crippen molar-refractivity contribution >= 4 is 0 Å². The van der Waals surface area contributed by atoms with Crippen LogP contribution in [-0.4, -0.2) is 24.5 Å². The van der Waals surface area contributed by atoms with E-state index in [9.17, 15) is 0 Å². The van der Waals surface area contributed by atoms with Crippen LogP contribution in [-0.2, 0) is 5.54 Å². The van der Waals surface area contributed by atoms with Gasteiger partial charge in [0.15, 0.2) is 0 Å². The van der Waals surface area contributed by atoms with Gasteiger partial charge in [0.2, 0.25) is 0 Å². The van der Waals surface area contributed by atoms with E-state index < -0.39 is 0 Å². The summed E-state index contributed by atoms with van der Waals surface area (Å²) in [5.74, 6) is 0.550. The van der Waals surface area contributed by atoms with E-state index in [2.05, 4.69) is 56.2 Å². The molecule has 0 saturated heterocycles. The predicted molar refractivity (Wildman–Crippen MR) is 88.6 cm³/mol. The Balaban J connectivity index is 2.98. The van der Waals surface area contributed by atoms with Crippen LogP contribution >= 0.6 is 0 Å². The number of hydrogen-bond acceptors (Lipinski definition) is 2. The molecule has 0 amide bonds. The van der Waals surface area contributed by atoms with Crippen LogP contribution in [0.3, 0.4) is 0 Å². The molecular formula is C18H28N2. The van der Waals surface area contributed by atoms with Crippen LogP contribution in [0.15, 0.2) is 55.6 Å². The Kier molecular flexibility index (Phi) is 6.69. The summed E-state index contributed by atoms with van der Waals surface area (Å²) < 4.78 is 0. The Hall–Kier alpha value is -1.38. The molecule has 20 heavy (non-hydrogen) atoms. The predicted octanol–water partition coefficient (Wildman–Crippen LogP) is 3.56. The van der Waals surface area contributed by atoms with Crippen molar-refractivity contribution in [2.24, 2.45) is 11.7 Å². The minimum atomic E-state index is -0.332. The summed E-state index contributed by atoms with van der Waals surface area (Å²) in [6, 6.07) is 10.4. The molecule has 0 aromatic heterocycles. The quantitative estimate of drug-likeness (QED) is 0.696. The number of hydrogen-bond donors (Lipinski definition) is 1. The van der Waals surface area contributed by atoms with E-state index in [1.807, 2.05) is 18.2 Å². The molecule has 0 fully saturated rings. The zero-order valence-corrected chi connectivity index (χ0v) is 12.9. The minimum Gasteiger partial charge on any atom is -0.320 e. The first kappa shape index (κ1) is 16.7. The van der Waals surface area contributed by atoms with E-state index >= 15 is 0 Å². The Bertz CT molecular complexity index is 401. The first-order valence-electron chi connectivity index (χ1n) is 7.30. The van der Waals surface area contributed by atoms with Gasteiger partial charge in [-0.15, -0.1) is 13.2 Å². The SMILES string of the molecule is C=CCN(CC=C)CC(N)(CC(C)C)c1ccccc1. The number of nitrogens with zero attached hydrogens (tertiary/aromatic N) is 1. The molecule has 0 aliphatic rings. The summed E-state index contributed by atoms with van der Waals surface area (Å²) in [5.41, 5.74) is 7.64. The van der Waals surface area contributed by atoms with Crippen molar-refractivity contribution in [3.63, 3.8) is 0 Å². The smallest absolute Gasteiger partial charge is 0.0541 e. The van der Waals surface area contributed by atoms with Crippen molar-refractivity contribution < 1.29 is 0 Å². The maximum absolute atomic E-state index is 6.77. The summed E-state index contributed by atoms with van der Waals surface area (Å²) in [4.78, 5) is 2.29. The number of rotatable bonds is 9. The lowest BCUT2D eigenvalue weighted by Crippen LogP contribution is -2.48. The first-order valence-corrected chi connectivity index (χ1v) is 7.30. The topological polar surface area (TPSA) is 29.3 Å². The molecule has 1 unspecified atom stereocenters. The molecular weight excluding hydrogens is 244 g/mol. The monoisotopic (exact) mass is 272 g/mol. The molecule has 0 saturated carbocycles. The Morgan fingerprint density at radius 1 is 1.15 bits per heavy atom. The van der Waals surface area contributed by atoms with Crippen molar-refractivity contribution in [2.75, 3.05) is 19.6 Å². The molecule has 0 aliphatic carbocycles. The number of benzene rings is 1. The second kappa shape index (κ2) is 8.03. The third-order valence-corrected chi connectivity index (χ3v) is 3.40. The Morgan fingerprint density at radius 3 is 2.15 bits per heavy atom. The van der Waals surface area contributed by atoms with Gasteiger partial charge in [-0.2, -0.15) is 0 Å². The van der Waals surface area contributed by atoms with E-state index in [-0.39, 0.29) is 5.54 Å². The van der Waals surface area contributed by atoms with Gasteiger partial charge in [-0.3, -0.25) is 4.90 Å². The fourth-order valence-corrected chi connectivity index (χ4v) is 2.74. The average molecular weight is 272 g/mol. The van der Waals surface area contributed by atoms with E-state index in [0.717, 1.165) is 26.1 Å². The summed E-state index contributed by atoms with van der Waals surface area (Å²) in [6.07, 6.45) is 4.80. The lowest BCUT2D eigenvalue weighted by molar-refractivity contribution is 0.218. The Morgan fingerprint density at radius 2 is 1.70 bits per heavy atom. The minimum absolute atomic E-state index is 0.332. The third kappa shape index (κ3) is 4.95. The molecule has 0 spiro atoms. The van der Waals surface area contributed by atoms with Gasteiger partial charge in [0, 0.05) is 19.6 Å². The maximum atomic E-state index is 6.77. The van der Waals surface area contributed by atoms with Crippen molar-refractivity contribution in [3.8, 4) is 0 Å². The van der Waals surface area contributed by atoms with E-state index in [1.54, 1.807) is 0 Å². The number of nitrogens with two attached hydrogens (primary N) is 1. The van der Waals surface area contributed by atoms with E-state index in [4.69, 9.17) is 5.73 Å². The van der Waals surface area contributed by atoms with Crippen LogP contribution in [0.4, 0.5) is 0 Å². The molecule has 0 radical (unpaired) electrons. The van der Waals surface area contributed by atoms with Crippen LogP contribution in [0.2, 0.25) is 0 Å². The van der Waals surface area contributed by atoms with Crippen LogP contribution in [0.25, 0.3) is 0 Å². The molecule has 0 bridgehead atoms. The van der Waals surface area contributed by atoms with Crippen molar-refractivity contribution in [1.82, 2.24) is 4.90 Å². The molecule has 2 heteroatoms. The van der Waals surface area contributed by atoms with Gasteiger partial charge < -0.3 is 5.73 Å². The highest BCUT2D eigenvalue weighted by atomic mass is 15.1. The van der Waals surface area contributed by atoms with Gasteiger partial charge in [0.25, 0.3) is 0 Å². The van der Waals surface area contributed by atoms with Crippen molar-refractivity contribution in [1.29, 1.82) is 0 Å². The maximum Gasteiger partial charge on any atom is 0.0541 e. The molecule has 1 aromatic carbocycles. The molecule has 0 aliphatic heterocycles. The molecule has 2 nitrogen and oxygen atoms in total. The summed E-state index contributed by atoms with van der Waals surface area (Å²) in [6.45, 7) is 14.6. The zero-order valence-electron chi connectivity index (χ0n) is 12.9. The molecule has 1 atom stereocenters. The van der Waals surface area contributed by atoms with E-state index in [0.29, 0.717) is 5.92 Å². The second-order valence-electron chi connectivity index (χ2n) is 5.89. The van der Waals surface area contributed by atoms with E-state index in [1.165, 1.54) is 5.56 Å². The summed E-state index contributed by atoms with van der Waals surface area (Å²) in [7, 11) is 0. The van der Waals surface area contributed by atoms with Gasteiger partial charge >= 0.3 is 0 Å². The summed E-state index contributed by atoms with van der Waals surface area (Å²) in [5, 5.41) is 0. The highest BCUT2D eigenvalue weighted by molar-refractivity contribution is 5.24. The van der Waals surface area contributed by atoms with Crippen LogP contribution in [0, 0.1) is 5.92 Å². The van der Waals surface area contributed by atoms with Gasteiger partial charge in [-0.05, 0) is 17.9 Å². The lowest BCUT2D eigenvalue weighted by atomic mass is 9.82. The van der Waals surface area contributed by atoms with Crippen LogP contribution in [0.5, 0.6) is 0 Å². The lowest BCUT2D eigenvalue weighted by Gasteiger charge is -2.36. The molecule has 0 heterocycles. The van der Waals surface area contributed by atoms with Gasteiger partial charge in [0.1, 0.15) is 0 Å². The molecule has 1 aromatic rings. The first-order chi connectivity index (χ1) is 9.51. The van der Waals surface area contributed by atoms with Gasteiger partial charge in [-0.1, -0.05) is 56.3 Å². The molecule has 1 rings (SSSR count). The largest absolute Gasteiger partial charge is 0.320 e. The third-order valence-electron chi connectivity index (χ3n) is 3.40. The fourth-order valence-electron chi connectivity index (χ4n) is 2.74. The van der Waals surface area contributed by atoms with Crippen molar-refractivity contribution in [2.45, 2.75) is 25.8 Å². The van der Waals surface area contributed by atoms with Gasteiger partial charge in [0.05, 0.1) is 5.54 Å². The van der Waals surface area contributed by atoms with Crippen molar-refractivity contribution in [3.05, 3.63) is 61.2 Å². The molecule has 2 N–H and O–H groups in total. The Labute approximate surface area is 124 Å².